The number of benzene rings is 1. The van der Waals surface area contributed by atoms with Gasteiger partial charge in [-0.25, -0.2) is 4.98 Å². The van der Waals surface area contributed by atoms with Crippen LogP contribution in [-0.2, 0) is 4.79 Å². The second-order valence-corrected chi connectivity index (χ2v) is 9.31. The highest BCUT2D eigenvalue weighted by molar-refractivity contribution is 7.13. The third kappa shape index (κ3) is 4.96. The van der Waals surface area contributed by atoms with Gasteiger partial charge in [-0.1, -0.05) is 62.1 Å². The molecule has 4 aromatic rings. The number of H-pyrrole nitrogens is 1. The molecule has 0 saturated heterocycles. The van der Waals surface area contributed by atoms with Gasteiger partial charge in [-0.3, -0.25) is 14.6 Å². The molecule has 3 heterocycles. The highest BCUT2D eigenvalue weighted by atomic mass is 32.1. The maximum absolute atomic E-state index is 12.8. The van der Waals surface area contributed by atoms with Crippen molar-refractivity contribution >= 4 is 23.1 Å². The van der Waals surface area contributed by atoms with Crippen molar-refractivity contribution in [3.8, 4) is 27.8 Å². The average Bonchev–Trinajstić information content (AvgIpc) is 3.60. The lowest BCUT2D eigenvalue weighted by Gasteiger charge is -2.11. The average molecular weight is 460 g/mol. The lowest BCUT2D eigenvalue weighted by molar-refractivity contribution is -0.116. The van der Waals surface area contributed by atoms with Crippen LogP contribution in [0.15, 0.2) is 64.8 Å². The number of thiophene rings is 1. The van der Waals surface area contributed by atoms with Crippen LogP contribution in [-0.4, -0.2) is 25.7 Å². The predicted octanol–water partition coefficient (Wildman–Crippen LogP) is 5.26. The van der Waals surface area contributed by atoms with E-state index in [0.717, 1.165) is 16.9 Å². The molecule has 1 fully saturated rings. The van der Waals surface area contributed by atoms with Gasteiger partial charge < -0.3 is 5.32 Å². The molecule has 33 heavy (non-hydrogen) atoms. The number of amides is 1. The zero-order chi connectivity index (χ0) is 22.6. The van der Waals surface area contributed by atoms with E-state index in [9.17, 15) is 9.59 Å². The summed E-state index contributed by atoms with van der Waals surface area (Å²) in [5.74, 6) is 1.34. The summed E-state index contributed by atoms with van der Waals surface area (Å²) in [6, 6.07) is 16.7. The van der Waals surface area contributed by atoms with Crippen LogP contribution < -0.4 is 10.9 Å². The first-order chi connectivity index (χ1) is 16.2. The molecular formula is C25H25N5O2S. The Hall–Kier alpha value is -3.52. The van der Waals surface area contributed by atoms with Crippen LogP contribution in [0, 0.1) is 5.92 Å². The number of nitrogens with one attached hydrogen (secondary N) is 2. The molecule has 0 unspecified atom stereocenters. The molecule has 0 radical (unpaired) electrons. The van der Waals surface area contributed by atoms with Crippen LogP contribution in [0.3, 0.4) is 0 Å². The molecule has 1 saturated carbocycles. The fourth-order valence-corrected chi connectivity index (χ4v) is 5.00. The molecule has 1 amide bonds. The Morgan fingerprint density at radius 3 is 2.67 bits per heavy atom. The Morgan fingerprint density at radius 1 is 1.09 bits per heavy atom. The van der Waals surface area contributed by atoms with Crippen LogP contribution in [0.4, 0.5) is 5.82 Å². The molecule has 0 atom stereocenters. The van der Waals surface area contributed by atoms with Gasteiger partial charge in [0.1, 0.15) is 11.5 Å². The molecule has 1 aromatic carbocycles. The zero-order valence-electron chi connectivity index (χ0n) is 18.2. The van der Waals surface area contributed by atoms with Crippen molar-refractivity contribution in [3.63, 3.8) is 0 Å². The fraction of sp³-hybridized carbons (Fsp3) is 0.280. The van der Waals surface area contributed by atoms with Crippen molar-refractivity contribution in [3.05, 3.63) is 70.3 Å². The van der Waals surface area contributed by atoms with Crippen LogP contribution in [0.25, 0.3) is 27.8 Å². The van der Waals surface area contributed by atoms with Crippen LogP contribution in [0.5, 0.6) is 0 Å². The standard InChI is InChI=1S/C25H25N5O2S/c31-23(13-12-17-7-4-5-8-17)27-22-15-20(21-11-6-14-33-21)29-30(22)25-26-19(16-24(32)28-25)18-9-2-1-3-10-18/h1-3,6,9-11,14-17H,4-5,7-8,12-13H2,(H,27,31)(H,26,28,32). The van der Waals surface area contributed by atoms with E-state index in [1.54, 1.807) is 11.3 Å². The molecule has 0 aliphatic heterocycles. The summed E-state index contributed by atoms with van der Waals surface area (Å²) in [7, 11) is 0. The van der Waals surface area contributed by atoms with E-state index in [2.05, 4.69) is 20.4 Å². The van der Waals surface area contributed by atoms with Crippen molar-refractivity contribution in [2.75, 3.05) is 5.32 Å². The van der Waals surface area contributed by atoms with Crippen molar-refractivity contribution in [1.82, 2.24) is 19.7 Å². The summed E-state index contributed by atoms with van der Waals surface area (Å²) in [4.78, 5) is 33.6. The lowest BCUT2D eigenvalue weighted by atomic mass is 10.0. The van der Waals surface area contributed by atoms with Gasteiger partial charge >= 0.3 is 0 Å². The molecule has 7 nitrogen and oxygen atoms in total. The number of carbonyl (C=O) groups is 1. The molecule has 5 rings (SSSR count). The number of carbonyl (C=O) groups excluding carboxylic acids is 1. The number of hydrogen-bond donors (Lipinski definition) is 2. The smallest absolute Gasteiger partial charge is 0.252 e. The summed E-state index contributed by atoms with van der Waals surface area (Å²) in [5, 5.41) is 9.64. The molecular weight excluding hydrogens is 434 g/mol. The number of anilines is 1. The van der Waals surface area contributed by atoms with E-state index in [-0.39, 0.29) is 17.4 Å². The third-order valence-corrected chi connectivity index (χ3v) is 6.90. The van der Waals surface area contributed by atoms with Crippen molar-refractivity contribution in [2.45, 2.75) is 38.5 Å². The fourth-order valence-electron chi connectivity index (χ4n) is 4.32. The van der Waals surface area contributed by atoms with E-state index in [4.69, 9.17) is 0 Å². The van der Waals surface area contributed by atoms with Crippen LogP contribution in [0.1, 0.15) is 38.5 Å². The van der Waals surface area contributed by atoms with Gasteiger partial charge in [-0.15, -0.1) is 11.3 Å². The maximum Gasteiger partial charge on any atom is 0.252 e. The third-order valence-electron chi connectivity index (χ3n) is 6.00. The minimum atomic E-state index is -0.287. The van der Waals surface area contributed by atoms with E-state index in [1.165, 1.54) is 36.4 Å². The summed E-state index contributed by atoms with van der Waals surface area (Å²) in [5.41, 5.74) is 1.80. The Balaban J connectivity index is 1.48. The summed E-state index contributed by atoms with van der Waals surface area (Å²) < 4.78 is 1.51. The largest absolute Gasteiger partial charge is 0.310 e. The monoisotopic (exact) mass is 459 g/mol. The normalized spacial score (nSPS) is 13.9. The minimum absolute atomic E-state index is 0.0534. The van der Waals surface area contributed by atoms with Crippen molar-refractivity contribution in [2.24, 2.45) is 5.92 Å². The Bertz CT molecular complexity index is 1290. The molecule has 0 bridgehead atoms. The first-order valence-corrected chi connectivity index (χ1v) is 12.1. The van der Waals surface area contributed by atoms with Gasteiger partial charge in [0.15, 0.2) is 0 Å². The minimum Gasteiger partial charge on any atom is -0.310 e. The topological polar surface area (TPSA) is 92.7 Å². The number of aromatic nitrogens is 4. The quantitative estimate of drug-likeness (QED) is 0.394. The molecule has 1 aliphatic carbocycles. The molecule has 1 aliphatic rings. The van der Waals surface area contributed by atoms with E-state index < -0.39 is 0 Å². The Labute approximate surface area is 195 Å². The van der Waals surface area contributed by atoms with Gasteiger partial charge in [0, 0.05) is 24.1 Å². The highest BCUT2D eigenvalue weighted by Gasteiger charge is 2.19. The number of rotatable bonds is 7. The Kier molecular flexibility index (Phi) is 6.17. The van der Waals surface area contributed by atoms with Crippen LogP contribution in [0.2, 0.25) is 0 Å². The molecule has 2 N–H and O–H groups in total. The summed E-state index contributed by atoms with van der Waals surface area (Å²) in [6.07, 6.45) is 6.32. The van der Waals surface area contributed by atoms with E-state index in [1.807, 2.05) is 53.9 Å². The summed E-state index contributed by atoms with van der Waals surface area (Å²) >= 11 is 1.56. The number of nitrogens with zero attached hydrogens (tertiary/aromatic N) is 3. The predicted molar refractivity (Wildman–Crippen MR) is 131 cm³/mol. The highest BCUT2D eigenvalue weighted by Crippen LogP contribution is 2.30. The number of aromatic amines is 1. The number of hydrogen-bond acceptors (Lipinski definition) is 5. The molecule has 8 heteroatoms. The zero-order valence-corrected chi connectivity index (χ0v) is 19.0. The van der Waals surface area contributed by atoms with Crippen molar-refractivity contribution in [1.29, 1.82) is 0 Å². The van der Waals surface area contributed by atoms with Gasteiger partial charge in [0.2, 0.25) is 11.9 Å². The summed E-state index contributed by atoms with van der Waals surface area (Å²) in [6.45, 7) is 0. The first kappa shape index (κ1) is 21.3. The second-order valence-electron chi connectivity index (χ2n) is 8.36. The second kappa shape index (κ2) is 9.54. The van der Waals surface area contributed by atoms with Gasteiger partial charge in [-0.05, 0) is 23.8 Å². The molecule has 168 valence electrons. The van der Waals surface area contributed by atoms with Gasteiger partial charge in [-0.2, -0.15) is 9.78 Å². The first-order valence-electron chi connectivity index (χ1n) is 11.3. The van der Waals surface area contributed by atoms with E-state index >= 15 is 0 Å². The SMILES string of the molecule is O=C(CCC1CCCC1)Nc1cc(-c2cccs2)nn1-c1nc(-c2ccccc2)cc(=O)[nH]1. The Morgan fingerprint density at radius 2 is 1.91 bits per heavy atom. The van der Waals surface area contributed by atoms with Crippen LogP contribution >= 0.6 is 11.3 Å². The lowest BCUT2D eigenvalue weighted by Crippen LogP contribution is -2.19. The van der Waals surface area contributed by atoms with Gasteiger partial charge in [0.25, 0.3) is 5.56 Å². The van der Waals surface area contributed by atoms with E-state index in [0.29, 0.717) is 29.5 Å². The molecule has 3 aromatic heterocycles. The van der Waals surface area contributed by atoms with Gasteiger partial charge in [0.05, 0.1) is 10.6 Å². The molecule has 0 spiro atoms. The maximum atomic E-state index is 12.8. The van der Waals surface area contributed by atoms with Crippen molar-refractivity contribution < 1.29 is 4.79 Å².